The number of carbonyl (C=O) groups is 2. The van der Waals surface area contributed by atoms with Crippen molar-refractivity contribution in [1.82, 2.24) is 10.6 Å². The molecule has 21 heavy (non-hydrogen) atoms. The second-order valence-electron chi connectivity index (χ2n) is 4.88. The molecule has 3 N–H and O–H groups in total. The third-order valence-electron chi connectivity index (χ3n) is 2.98. The fourth-order valence-corrected chi connectivity index (χ4v) is 2.41. The molecule has 1 aromatic rings. The molecular formula is C15H22N2O3S. The first-order valence-electron chi connectivity index (χ1n) is 6.85. The van der Waals surface area contributed by atoms with Crippen LogP contribution < -0.4 is 10.6 Å². The molecule has 0 saturated heterocycles. The summed E-state index contributed by atoms with van der Waals surface area (Å²) in [5.74, 6) is -0.313. The van der Waals surface area contributed by atoms with Crippen molar-refractivity contribution >= 4 is 23.8 Å². The van der Waals surface area contributed by atoms with Gasteiger partial charge in [-0.15, -0.1) is 0 Å². The highest BCUT2D eigenvalue weighted by Crippen LogP contribution is 2.03. The van der Waals surface area contributed by atoms with E-state index in [1.165, 1.54) is 0 Å². The van der Waals surface area contributed by atoms with Crippen molar-refractivity contribution in [2.24, 2.45) is 0 Å². The van der Waals surface area contributed by atoms with Crippen LogP contribution in [0.5, 0.6) is 0 Å². The Balaban J connectivity index is 2.42. The standard InChI is InChI=1S/C15H22N2O3S/c1-11(10-12-6-4-3-5-7-12)16-15(20)17-13(14(18)19)8-9-21-2/h3-7,11,13H,8-10H2,1-2H3,(H,18,19)(H2,16,17,20)/t11?,13-/m0/s1. The van der Waals surface area contributed by atoms with Crippen molar-refractivity contribution < 1.29 is 14.7 Å². The average Bonchev–Trinajstić information content (AvgIpc) is 2.44. The van der Waals surface area contributed by atoms with Gasteiger partial charge in [0.2, 0.25) is 0 Å². The number of hydrogen-bond acceptors (Lipinski definition) is 3. The summed E-state index contributed by atoms with van der Waals surface area (Å²) in [7, 11) is 0. The summed E-state index contributed by atoms with van der Waals surface area (Å²) in [6, 6.07) is 8.48. The van der Waals surface area contributed by atoms with E-state index in [9.17, 15) is 9.59 Å². The molecule has 0 aliphatic rings. The molecule has 116 valence electrons. The van der Waals surface area contributed by atoms with Crippen molar-refractivity contribution in [2.75, 3.05) is 12.0 Å². The summed E-state index contributed by atoms with van der Waals surface area (Å²) in [5.41, 5.74) is 1.13. The molecule has 0 radical (unpaired) electrons. The number of amides is 2. The van der Waals surface area contributed by atoms with Gasteiger partial charge in [-0.2, -0.15) is 11.8 Å². The molecule has 6 heteroatoms. The molecule has 0 heterocycles. The van der Waals surface area contributed by atoms with Crippen LogP contribution in [-0.4, -0.2) is 41.2 Å². The number of aliphatic carboxylic acids is 1. The summed E-state index contributed by atoms with van der Waals surface area (Å²) in [4.78, 5) is 22.9. The van der Waals surface area contributed by atoms with Crippen LogP contribution >= 0.6 is 11.8 Å². The lowest BCUT2D eigenvalue weighted by atomic mass is 10.1. The van der Waals surface area contributed by atoms with E-state index in [-0.39, 0.29) is 6.04 Å². The minimum atomic E-state index is -1.00. The monoisotopic (exact) mass is 310 g/mol. The molecule has 1 unspecified atom stereocenters. The van der Waals surface area contributed by atoms with Crippen LogP contribution in [0.25, 0.3) is 0 Å². The van der Waals surface area contributed by atoms with Crippen LogP contribution in [0.4, 0.5) is 4.79 Å². The van der Waals surface area contributed by atoms with Crippen LogP contribution in [-0.2, 0) is 11.2 Å². The summed E-state index contributed by atoms with van der Waals surface area (Å²) in [6.45, 7) is 1.89. The van der Waals surface area contributed by atoms with E-state index in [1.54, 1.807) is 11.8 Å². The Morgan fingerprint density at radius 2 is 1.90 bits per heavy atom. The number of rotatable bonds is 8. The van der Waals surface area contributed by atoms with Crippen LogP contribution in [0.3, 0.4) is 0 Å². The summed E-state index contributed by atoms with van der Waals surface area (Å²) in [5, 5.41) is 14.3. The zero-order valence-electron chi connectivity index (χ0n) is 12.3. The molecule has 0 aromatic heterocycles. The lowest BCUT2D eigenvalue weighted by Gasteiger charge is -2.18. The largest absolute Gasteiger partial charge is 0.480 e. The number of carbonyl (C=O) groups excluding carboxylic acids is 1. The number of hydrogen-bond donors (Lipinski definition) is 3. The SMILES string of the molecule is CSCC[C@H](NC(=O)NC(C)Cc1ccccc1)C(=O)O. The first kappa shape index (κ1) is 17.4. The maximum Gasteiger partial charge on any atom is 0.326 e. The average molecular weight is 310 g/mol. The van der Waals surface area contributed by atoms with Crippen LogP contribution in [0, 0.1) is 0 Å². The van der Waals surface area contributed by atoms with Gasteiger partial charge in [-0.25, -0.2) is 9.59 Å². The molecule has 2 atom stereocenters. The van der Waals surface area contributed by atoms with E-state index >= 15 is 0 Å². The maximum absolute atomic E-state index is 11.8. The number of carboxylic acid groups (broad SMARTS) is 1. The molecule has 1 aromatic carbocycles. The highest BCUT2D eigenvalue weighted by molar-refractivity contribution is 7.98. The Kier molecular flexibility index (Phi) is 7.68. The van der Waals surface area contributed by atoms with Gasteiger partial charge >= 0.3 is 12.0 Å². The van der Waals surface area contributed by atoms with E-state index in [1.807, 2.05) is 43.5 Å². The number of carboxylic acids is 1. The maximum atomic E-state index is 11.8. The number of benzene rings is 1. The van der Waals surface area contributed by atoms with Gasteiger partial charge in [-0.05, 0) is 37.3 Å². The van der Waals surface area contributed by atoms with E-state index in [0.29, 0.717) is 18.6 Å². The first-order valence-corrected chi connectivity index (χ1v) is 8.25. The Labute approximate surface area is 129 Å². The van der Waals surface area contributed by atoms with Gasteiger partial charge in [0.05, 0.1) is 0 Å². The van der Waals surface area contributed by atoms with Crippen molar-refractivity contribution in [3.8, 4) is 0 Å². The highest BCUT2D eigenvalue weighted by atomic mass is 32.2. The van der Waals surface area contributed by atoms with Crippen molar-refractivity contribution in [1.29, 1.82) is 0 Å². The zero-order chi connectivity index (χ0) is 15.7. The van der Waals surface area contributed by atoms with Crippen LogP contribution in [0.1, 0.15) is 18.9 Å². The van der Waals surface area contributed by atoms with E-state index in [2.05, 4.69) is 10.6 Å². The molecule has 0 saturated carbocycles. The number of urea groups is 1. The molecule has 5 nitrogen and oxygen atoms in total. The second-order valence-corrected chi connectivity index (χ2v) is 5.87. The van der Waals surface area contributed by atoms with Gasteiger partial charge in [0, 0.05) is 6.04 Å². The van der Waals surface area contributed by atoms with Gasteiger partial charge in [-0.3, -0.25) is 0 Å². The molecule has 0 spiro atoms. The lowest BCUT2D eigenvalue weighted by Crippen LogP contribution is -2.49. The minimum Gasteiger partial charge on any atom is -0.480 e. The zero-order valence-corrected chi connectivity index (χ0v) is 13.2. The van der Waals surface area contributed by atoms with Gasteiger partial charge < -0.3 is 15.7 Å². The quantitative estimate of drug-likeness (QED) is 0.687. The number of nitrogens with one attached hydrogen (secondary N) is 2. The van der Waals surface area contributed by atoms with Crippen molar-refractivity contribution in [3.63, 3.8) is 0 Å². The molecule has 0 fully saturated rings. The number of thioether (sulfide) groups is 1. The summed E-state index contributed by atoms with van der Waals surface area (Å²) in [6.07, 6.45) is 3.02. The third-order valence-corrected chi connectivity index (χ3v) is 3.62. The predicted octanol–water partition coefficient (Wildman–Crippen LogP) is 2.12. The lowest BCUT2D eigenvalue weighted by molar-refractivity contribution is -0.139. The normalized spacial score (nSPS) is 13.2. The highest BCUT2D eigenvalue weighted by Gasteiger charge is 2.20. The van der Waals surface area contributed by atoms with E-state index < -0.39 is 18.0 Å². The topological polar surface area (TPSA) is 78.4 Å². The second kappa shape index (κ2) is 9.28. The summed E-state index contributed by atoms with van der Waals surface area (Å²) < 4.78 is 0. The smallest absolute Gasteiger partial charge is 0.326 e. The molecule has 2 amide bonds. The Morgan fingerprint density at radius 1 is 1.24 bits per heavy atom. The fourth-order valence-electron chi connectivity index (χ4n) is 1.94. The first-order chi connectivity index (χ1) is 10.0. The predicted molar refractivity (Wildman–Crippen MR) is 85.7 cm³/mol. The van der Waals surface area contributed by atoms with E-state index in [0.717, 1.165) is 5.56 Å². The summed E-state index contributed by atoms with van der Waals surface area (Å²) >= 11 is 1.56. The molecule has 1 rings (SSSR count). The fraction of sp³-hybridized carbons (Fsp3) is 0.467. The van der Waals surface area contributed by atoms with Gasteiger partial charge in [0.15, 0.2) is 0 Å². The van der Waals surface area contributed by atoms with Gasteiger partial charge in [0.1, 0.15) is 6.04 Å². The van der Waals surface area contributed by atoms with Crippen LogP contribution in [0.15, 0.2) is 30.3 Å². The van der Waals surface area contributed by atoms with Gasteiger partial charge in [-0.1, -0.05) is 30.3 Å². The molecule has 0 aliphatic carbocycles. The van der Waals surface area contributed by atoms with Crippen molar-refractivity contribution in [3.05, 3.63) is 35.9 Å². The van der Waals surface area contributed by atoms with Crippen molar-refractivity contribution in [2.45, 2.75) is 31.8 Å². The van der Waals surface area contributed by atoms with E-state index in [4.69, 9.17) is 5.11 Å². The Morgan fingerprint density at radius 3 is 2.48 bits per heavy atom. The Hall–Kier alpha value is -1.69. The van der Waals surface area contributed by atoms with Crippen LogP contribution in [0.2, 0.25) is 0 Å². The third kappa shape index (κ3) is 7.04. The molecule has 0 bridgehead atoms. The minimum absolute atomic E-state index is 0.0672. The molecule has 0 aliphatic heterocycles. The Bertz CT molecular complexity index is 453. The van der Waals surface area contributed by atoms with Gasteiger partial charge in [0.25, 0.3) is 0 Å². The molecular weight excluding hydrogens is 288 g/mol.